The molecule has 3 aromatic rings. The summed E-state index contributed by atoms with van der Waals surface area (Å²) in [5, 5.41) is 0.165. The highest BCUT2D eigenvalue weighted by atomic mass is 35.7. The fraction of sp³-hybridized carbons (Fsp3) is 0.519. The number of anilines is 1. The van der Waals surface area contributed by atoms with Crippen LogP contribution < -0.4 is 15.3 Å². The first-order valence-electron chi connectivity index (χ1n) is 13.4. The average molecular weight is 629 g/mol. The molecule has 228 valence electrons. The molecule has 42 heavy (non-hydrogen) atoms. The number of piperazine rings is 1. The van der Waals surface area contributed by atoms with Gasteiger partial charge in [0.1, 0.15) is 17.5 Å². The summed E-state index contributed by atoms with van der Waals surface area (Å²) in [5.74, 6) is 0.516. The van der Waals surface area contributed by atoms with Crippen LogP contribution in [0.5, 0.6) is 5.88 Å². The summed E-state index contributed by atoms with van der Waals surface area (Å²) in [7, 11) is 5.13. The molecule has 1 unspecified atom stereocenters. The summed E-state index contributed by atoms with van der Waals surface area (Å²) < 4.78 is 55.3. The maximum atomic E-state index is 14.2. The minimum Gasteiger partial charge on any atom is -0.470 e. The van der Waals surface area contributed by atoms with Crippen LogP contribution in [-0.2, 0) is 17.5 Å². The van der Waals surface area contributed by atoms with Gasteiger partial charge >= 0.3 is 18.0 Å². The summed E-state index contributed by atoms with van der Waals surface area (Å²) in [4.78, 5) is 42.5. The smallest absolute Gasteiger partial charge is 0.416 e. The number of thiol groups is 1. The molecule has 5 rings (SSSR count). The molecule has 1 fully saturated rings. The number of ether oxygens (including phenoxy) is 2. The lowest BCUT2D eigenvalue weighted by molar-refractivity contribution is -0.137. The molecule has 1 amide bonds. The quantitative estimate of drug-likeness (QED) is 0.404. The summed E-state index contributed by atoms with van der Waals surface area (Å²) in [6.45, 7) is 9.45. The van der Waals surface area contributed by atoms with Crippen LogP contribution in [0.25, 0.3) is 10.9 Å². The Morgan fingerprint density at radius 2 is 1.79 bits per heavy atom. The third-order valence-corrected chi connectivity index (χ3v) is 9.57. The standard InChI is InChI=1S/C27H32ClF3N6O4S/c1-15-11-35(12-16(2)37(15)25(39)41-26(3,4)5)23-19-8-17(27(29,30)31)9-20-22(19)36(24(38)34-23)13-18(14-42(20)28)40-21-10-32-6-7-33-21/h6-10,15-16,18,42H,11-14H2,1-5H3/t15-,16+,18-/m0/s1. The molecule has 4 atom stereocenters. The van der Waals surface area contributed by atoms with Crippen LogP contribution in [0.4, 0.5) is 23.8 Å². The van der Waals surface area contributed by atoms with Crippen molar-refractivity contribution in [2.75, 3.05) is 23.7 Å². The fourth-order valence-corrected chi connectivity index (χ4v) is 7.78. The highest BCUT2D eigenvalue weighted by Crippen LogP contribution is 2.50. The van der Waals surface area contributed by atoms with Gasteiger partial charge in [0.2, 0.25) is 5.88 Å². The molecule has 0 spiro atoms. The Morgan fingerprint density at radius 1 is 1.10 bits per heavy atom. The second-order valence-corrected chi connectivity index (χ2v) is 14.3. The topological polar surface area (TPSA) is 103 Å². The van der Waals surface area contributed by atoms with E-state index in [-0.39, 0.29) is 59.5 Å². The van der Waals surface area contributed by atoms with E-state index in [0.717, 1.165) is 12.1 Å². The number of amides is 1. The van der Waals surface area contributed by atoms with Crippen molar-refractivity contribution in [1.82, 2.24) is 24.4 Å². The first-order valence-corrected chi connectivity index (χ1v) is 15.8. The molecule has 0 saturated carbocycles. The first-order chi connectivity index (χ1) is 19.6. The highest BCUT2D eigenvalue weighted by molar-refractivity contribution is 8.36. The zero-order valence-electron chi connectivity index (χ0n) is 23.7. The average Bonchev–Trinajstić information content (AvgIpc) is 3.01. The van der Waals surface area contributed by atoms with E-state index in [1.54, 1.807) is 30.6 Å². The normalized spacial score (nSPS) is 23.9. The van der Waals surface area contributed by atoms with Crippen molar-refractivity contribution in [3.8, 4) is 5.88 Å². The van der Waals surface area contributed by atoms with Crippen molar-refractivity contribution in [3.05, 3.63) is 46.8 Å². The van der Waals surface area contributed by atoms with Crippen LogP contribution in [0.15, 0.2) is 40.4 Å². The van der Waals surface area contributed by atoms with E-state index in [1.165, 1.54) is 23.2 Å². The van der Waals surface area contributed by atoms with E-state index in [1.807, 2.05) is 13.8 Å². The zero-order valence-corrected chi connectivity index (χ0v) is 25.4. The van der Waals surface area contributed by atoms with E-state index >= 15 is 0 Å². The van der Waals surface area contributed by atoms with E-state index in [4.69, 9.17) is 20.2 Å². The van der Waals surface area contributed by atoms with Gasteiger partial charge in [-0.2, -0.15) is 18.2 Å². The van der Waals surface area contributed by atoms with Gasteiger partial charge in [0.25, 0.3) is 0 Å². The van der Waals surface area contributed by atoms with E-state index in [9.17, 15) is 22.8 Å². The van der Waals surface area contributed by atoms with Gasteiger partial charge in [0.05, 0.1) is 35.9 Å². The van der Waals surface area contributed by atoms with Crippen molar-refractivity contribution in [3.63, 3.8) is 0 Å². The number of benzene rings is 1. The molecule has 2 aliphatic heterocycles. The Labute approximate surface area is 247 Å². The summed E-state index contributed by atoms with van der Waals surface area (Å²) in [5.41, 5.74) is -1.91. The monoisotopic (exact) mass is 628 g/mol. The van der Waals surface area contributed by atoms with Crippen LogP contribution in [0.2, 0.25) is 0 Å². The maximum absolute atomic E-state index is 14.2. The number of nitrogens with zero attached hydrogens (tertiary/aromatic N) is 6. The zero-order chi connectivity index (χ0) is 30.6. The SMILES string of the molecule is C[C@@H]1CN(c2nc(=O)n3c4c(cc(C(F)(F)F)cc24)[SH](Cl)C[C@@H](Oc2cnccn2)C3)C[C@H](C)N1C(=O)OC(C)(C)C. The fourth-order valence-electron chi connectivity index (χ4n) is 5.44. The van der Waals surface area contributed by atoms with Gasteiger partial charge in [-0.25, -0.2) is 14.6 Å². The second-order valence-electron chi connectivity index (χ2n) is 11.5. The summed E-state index contributed by atoms with van der Waals surface area (Å²) >= 11 is 0. The van der Waals surface area contributed by atoms with Gasteiger partial charge in [0.15, 0.2) is 0 Å². The summed E-state index contributed by atoms with van der Waals surface area (Å²) in [6.07, 6.45) is -1.45. The van der Waals surface area contributed by atoms with E-state index in [2.05, 4.69) is 15.0 Å². The van der Waals surface area contributed by atoms with Crippen LogP contribution in [-0.4, -0.2) is 73.1 Å². The van der Waals surface area contributed by atoms with Crippen molar-refractivity contribution in [2.45, 2.75) is 76.0 Å². The second kappa shape index (κ2) is 11.1. The maximum Gasteiger partial charge on any atom is 0.416 e. The minimum atomic E-state index is -4.66. The molecular weight excluding hydrogens is 597 g/mol. The molecule has 0 bridgehead atoms. The van der Waals surface area contributed by atoms with Gasteiger partial charge in [0, 0.05) is 41.5 Å². The Balaban J connectivity index is 1.59. The third kappa shape index (κ3) is 6.10. The first kappa shape index (κ1) is 30.2. The number of alkyl halides is 3. The van der Waals surface area contributed by atoms with Crippen molar-refractivity contribution in [1.29, 1.82) is 0 Å². The lowest BCUT2D eigenvalue weighted by Gasteiger charge is -2.45. The predicted molar refractivity (Wildman–Crippen MR) is 155 cm³/mol. The molecule has 0 aliphatic carbocycles. The van der Waals surface area contributed by atoms with Crippen molar-refractivity contribution < 1.29 is 27.4 Å². The van der Waals surface area contributed by atoms with Crippen LogP contribution in [0, 0.1) is 0 Å². The molecule has 0 radical (unpaired) electrons. The van der Waals surface area contributed by atoms with E-state index in [0.29, 0.717) is 5.52 Å². The van der Waals surface area contributed by atoms with Crippen LogP contribution in [0.1, 0.15) is 40.2 Å². The molecule has 1 aromatic carbocycles. The Kier molecular flexibility index (Phi) is 7.98. The molecule has 15 heteroatoms. The summed E-state index contributed by atoms with van der Waals surface area (Å²) in [6, 6.07) is 1.30. The number of aromatic nitrogens is 4. The van der Waals surface area contributed by atoms with Crippen LogP contribution in [0.3, 0.4) is 0 Å². The molecule has 2 aliphatic rings. The van der Waals surface area contributed by atoms with Gasteiger partial charge < -0.3 is 14.4 Å². The number of hydrogen-bond donors (Lipinski definition) is 1. The predicted octanol–water partition coefficient (Wildman–Crippen LogP) is 5.01. The molecule has 1 saturated heterocycles. The Hall–Kier alpha value is -3.26. The van der Waals surface area contributed by atoms with Crippen molar-refractivity contribution >= 4 is 43.6 Å². The van der Waals surface area contributed by atoms with Gasteiger partial charge in [-0.05, 0) is 46.8 Å². The molecule has 4 heterocycles. The number of carbonyl (C=O) groups is 1. The van der Waals surface area contributed by atoms with Gasteiger partial charge in [-0.15, -0.1) is 10.1 Å². The van der Waals surface area contributed by atoms with Crippen molar-refractivity contribution in [2.24, 2.45) is 0 Å². The minimum absolute atomic E-state index is 0.0162. The number of rotatable bonds is 3. The Morgan fingerprint density at radius 3 is 2.38 bits per heavy atom. The number of halogens is 4. The highest BCUT2D eigenvalue weighted by Gasteiger charge is 2.39. The number of hydrogen-bond acceptors (Lipinski definition) is 8. The third-order valence-electron chi connectivity index (χ3n) is 7.02. The number of carbonyl (C=O) groups excluding carboxylic acids is 1. The molecular formula is C27H32ClF3N6O4S. The largest absolute Gasteiger partial charge is 0.470 e. The molecule has 2 aromatic heterocycles. The lowest BCUT2D eigenvalue weighted by atomic mass is 10.1. The van der Waals surface area contributed by atoms with Gasteiger partial charge in [-0.3, -0.25) is 14.5 Å². The molecule has 10 nitrogen and oxygen atoms in total. The van der Waals surface area contributed by atoms with Gasteiger partial charge in [-0.1, -0.05) is 10.7 Å². The van der Waals surface area contributed by atoms with E-state index < -0.39 is 45.3 Å². The van der Waals surface area contributed by atoms with Crippen LogP contribution >= 0.6 is 20.8 Å². The molecule has 0 N–H and O–H groups in total. The Bertz CT molecular complexity index is 1540. The lowest BCUT2D eigenvalue weighted by Crippen LogP contribution is -2.59.